The molecular formula is C12H18N2S. The third kappa shape index (κ3) is 2.67. The largest absolute Gasteiger partial charge is 0.370 e. The van der Waals surface area contributed by atoms with Crippen molar-refractivity contribution in [1.29, 1.82) is 0 Å². The molecule has 1 aliphatic heterocycles. The quantitative estimate of drug-likeness (QED) is 0.828. The Morgan fingerprint density at radius 3 is 2.80 bits per heavy atom. The van der Waals surface area contributed by atoms with E-state index in [0.717, 1.165) is 19.6 Å². The van der Waals surface area contributed by atoms with Crippen LogP contribution >= 0.6 is 11.8 Å². The average Bonchev–Trinajstić information content (AvgIpc) is 2.30. The van der Waals surface area contributed by atoms with Crippen LogP contribution in [0.1, 0.15) is 5.56 Å². The number of benzene rings is 1. The third-order valence-electron chi connectivity index (χ3n) is 2.80. The van der Waals surface area contributed by atoms with Gasteiger partial charge in [0.05, 0.1) is 0 Å². The van der Waals surface area contributed by atoms with Gasteiger partial charge in [0, 0.05) is 36.3 Å². The van der Waals surface area contributed by atoms with Crippen LogP contribution in [0.4, 0.5) is 5.69 Å². The Hall–Kier alpha value is -0.670. The minimum absolute atomic E-state index is 0.597. The second-order valence-electron chi connectivity index (χ2n) is 4.01. The highest BCUT2D eigenvalue weighted by Gasteiger charge is 2.18. The van der Waals surface area contributed by atoms with Crippen molar-refractivity contribution in [2.45, 2.75) is 12.2 Å². The summed E-state index contributed by atoms with van der Waals surface area (Å²) in [6.07, 6.45) is 0. The smallest absolute Gasteiger partial charge is 0.0367 e. The van der Waals surface area contributed by atoms with Gasteiger partial charge in [-0.25, -0.2) is 0 Å². The monoisotopic (exact) mass is 222 g/mol. The molecule has 0 spiro atoms. The van der Waals surface area contributed by atoms with Gasteiger partial charge in [-0.2, -0.15) is 11.8 Å². The SMILES string of the molecule is Cc1ccc(N2CCSC(CN)C2)cc1. The average molecular weight is 222 g/mol. The van der Waals surface area contributed by atoms with E-state index in [2.05, 4.69) is 36.1 Å². The minimum Gasteiger partial charge on any atom is -0.370 e. The van der Waals surface area contributed by atoms with E-state index in [0.29, 0.717) is 5.25 Å². The lowest BCUT2D eigenvalue weighted by Gasteiger charge is -2.33. The van der Waals surface area contributed by atoms with E-state index in [-0.39, 0.29) is 0 Å². The number of thioether (sulfide) groups is 1. The zero-order valence-electron chi connectivity index (χ0n) is 9.15. The predicted octanol–water partition coefficient (Wildman–Crippen LogP) is 1.88. The maximum atomic E-state index is 5.72. The zero-order chi connectivity index (χ0) is 10.7. The van der Waals surface area contributed by atoms with E-state index >= 15 is 0 Å². The lowest BCUT2D eigenvalue weighted by molar-refractivity contribution is 0.748. The fourth-order valence-corrected chi connectivity index (χ4v) is 2.93. The van der Waals surface area contributed by atoms with Crippen molar-refractivity contribution in [1.82, 2.24) is 0 Å². The molecule has 1 aromatic rings. The number of nitrogens with zero attached hydrogens (tertiary/aromatic N) is 1. The number of hydrogen-bond acceptors (Lipinski definition) is 3. The number of hydrogen-bond donors (Lipinski definition) is 1. The van der Waals surface area contributed by atoms with Crippen LogP contribution in [0.15, 0.2) is 24.3 Å². The molecule has 0 amide bonds. The van der Waals surface area contributed by atoms with E-state index in [1.165, 1.54) is 17.0 Å². The maximum Gasteiger partial charge on any atom is 0.0367 e. The summed E-state index contributed by atoms with van der Waals surface area (Å²) in [5, 5.41) is 0.597. The summed E-state index contributed by atoms with van der Waals surface area (Å²) in [6.45, 7) is 5.14. The summed E-state index contributed by atoms with van der Waals surface area (Å²) in [4.78, 5) is 2.44. The maximum absolute atomic E-state index is 5.72. The highest BCUT2D eigenvalue weighted by molar-refractivity contribution is 8.00. The summed E-state index contributed by atoms with van der Waals surface area (Å²) >= 11 is 2.00. The lowest BCUT2D eigenvalue weighted by Crippen LogP contribution is -2.40. The van der Waals surface area contributed by atoms with Gasteiger partial charge < -0.3 is 10.6 Å². The first-order chi connectivity index (χ1) is 7.29. The van der Waals surface area contributed by atoms with Crippen molar-refractivity contribution in [3.63, 3.8) is 0 Å². The van der Waals surface area contributed by atoms with E-state index in [1.807, 2.05) is 11.8 Å². The van der Waals surface area contributed by atoms with Gasteiger partial charge in [-0.1, -0.05) is 17.7 Å². The fraction of sp³-hybridized carbons (Fsp3) is 0.500. The van der Waals surface area contributed by atoms with Crippen molar-refractivity contribution in [2.75, 3.05) is 30.3 Å². The Morgan fingerprint density at radius 2 is 2.13 bits per heavy atom. The molecule has 0 aliphatic carbocycles. The standard InChI is InChI=1S/C12H18N2S/c1-10-2-4-11(5-3-10)14-6-7-15-12(8-13)9-14/h2-5,12H,6-9,13H2,1H3. The molecule has 0 aromatic heterocycles. The van der Waals surface area contributed by atoms with Crippen LogP contribution in [0.25, 0.3) is 0 Å². The first-order valence-electron chi connectivity index (χ1n) is 5.43. The molecule has 1 unspecified atom stereocenters. The molecule has 1 fully saturated rings. The number of anilines is 1. The van der Waals surface area contributed by atoms with E-state index in [9.17, 15) is 0 Å². The molecule has 1 atom stereocenters. The van der Waals surface area contributed by atoms with E-state index in [4.69, 9.17) is 5.73 Å². The van der Waals surface area contributed by atoms with Gasteiger partial charge >= 0.3 is 0 Å². The van der Waals surface area contributed by atoms with Crippen LogP contribution in [0.3, 0.4) is 0 Å². The van der Waals surface area contributed by atoms with Gasteiger partial charge in [0.2, 0.25) is 0 Å². The zero-order valence-corrected chi connectivity index (χ0v) is 9.96. The van der Waals surface area contributed by atoms with E-state index in [1.54, 1.807) is 0 Å². The Balaban J connectivity index is 2.06. The Bertz CT molecular complexity index is 310. The van der Waals surface area contributed by atoms with Crippen LogP contribution in [0, 0.1) is 6.92 Å². The second-order valence-corrected chi connectivity index (χ2v) is 5.42. The van der Waals surface area contributed by atoms with Gasteiger partial charge in [-0.15, -0.1) is 0 Å². The van der Waals surface area contributed by atoms with Crippen molar-refractivity contribution in [2.24, 2.45) is 5.73 Å². The summed E-state index contributed by atoms with van der Waals surface area (Å²) in [6, 6.07) is 8.76. The summed E-state index contributed by atoms with van der Waals surface area (Å²) in [5.74, 6) is 1.19. The molecule has 1 aromatic carbocycles. The molecule has 0 radical (unpaired) electrons. The Kier molecular flexibility index (Phi) is 3.54. The second kappa shape index (κ2) is 4.90. The summed E-state index contributed by atoms with van der Waals surface area (Å²) < 4.78 is 0. The molecular weight excluding hydrogens is 204 g/mol. The molecule has 0 bridgehead atoms. The normalized spacial score (nSPS) is 21.7. The fourth-order valence-electron chi connectivity index (χ4n) is 1.85. The van der Waals surface area contributed by atoms with Crippen LogP contribution < -0.4 is 10.6 Å². The van der Waals surface area contributed by atoms with Gasteiger partial charge in [0.1, 0.15) is 0 Å². The van der Waals surface area contributed by atoms with Crippen LogP contribution in [0.5, 0.6) is 0 Å². The molecule has 1 aliphatic rings. The third-order valence-corrected chi connectivity index (χ3v) is 4.03. The van der Waals surface area contributed by atoms with Gasteiger partial charge in [0.15, 0.2) is 0 Å². The molecule has 1 saturated heterocycles. The van der Waals surface area contributed by atoms with Crippen molar-refractivity contribution >= 4 is 17.4 Å². The lowest BCUT2D eigenvalue weighted by atomic mass is 10.2. The highest BCUT2D eigenvalue weighted by Crippen LogP contribution is 2.23. The van der Waals surface area contributed by atoms with E-state index < -0.39 is 0 Å². The minimum atomic E-state index is 0.597. The molecule has 2 nitrogen and oxygen atoms in total. The highest BCUT2D eigenvalue weighted by atomic mass is 32.2. The summed E-state index contributed by atoms with van der Waals surface area (Å²) in [5.41, 5.74) is 8.37. The van der Waals surface area contributed by atoms with Crippen molar-refractivity contribution in [3.8, 4) is 0 Å². The number of rotatable bonds is 2. The Morgan fingerprint density at radius 1 is 1.40 bits per heavy atom. The van der Waals surface area contributed by atoms with Crippen molar-refractivity contribution in [3.05, 3.63) is 29.8 Å². The predicted molar refractivity (Wildman–Crippen MR) is 68.7 cm³/mol. The van der Waals surface area contributed by atoms with Crippen LogP contribution in [-0.4, -0.2) is 30.6 Å². The molecule has 3 heteroatoms. The first kappa shape index (κ1) is 10.8. The van der Waals surface area contributed by atoms with Gasteiger partial charge in [0.25, 0.3) is 0 Å². The molecule has 15 heavy (non-hydrogen) atoms. The molecule has 82 valence electrons. The molecule has 1 heterocycles. The van der Waals surface area contributed by atoms with Crippen LogP contribution in [0.2, 0.25) is 0 Å². The number of aryl methyl sites for hydroxylation is 1. The Labute approximate surface area is 95.8 Å². The molecule has 2 N–H and O–H groups in total. The first-order valence-corrected chi connectivity index (χ1v) is 6.48. The topological polar surface area (TPSA) is 29.3 Å². The number of nitrogens with two attached hydrogens (primary N) is 1. The molecule has 2 rings (SSSR count). The molecule has 0 saturated carbocycles. The van der Waals surface area contributed by atoms with Crippen molar-refractivity contribution < 1.29 is 0 Å². The van der Waals surface area contributed by atoms with Crippen LogP contribution in [-0.2, 0) is 0 Å². The van der Waals surface area contributed by atoms with Gasteiger partial charge in [-0.05, 0) is 19.1 Å². The van der Waals surface area contributed by atoms with Gasteiger partial charge in [-0.3, -0.25) is 0 Å². The summed E-state index contributed by atoms with van der Waals surface area (Å²) in [7, 11) is 0.